The molecule has 0 atom stereocenters. The summed E-state index contributed by atoms with van der Waals surface area (Å²) in [5.74, 6) is 5.49. The molecule has 0 bridgehead atoms. The van der Waals surface area contributed by atoms with Crippen molar-refractivity contribution in [2.24, 2.45) is 5.84 Å². The van der Waals surface area contributed by atoms with Crippen molar-refractivity contribution in [1.82, 2.24) is 4.98 Å². The highest BCUT2D eigenvalue weighted by Crippen LogP contribution is 2.25. The fraction of sp³-hybridized carbons (Fsp3) is 0.444. The minimum absolute atomic E-state index is 0.00565. The molecule has 3 N–H and O–H groups in total. The Morgan fingerprint density at radius 1 is 1.62 bits per heavy atom. The minimum atomic E-state index is -0.533. The minimum Gasteiger partial charge on any atom is -0.473 e. The molecule has 0 aliphatic heterocycles. The molecule has 0 unspecified atom stereocenters. The molecule has 0 fully saturated rings. The van der Waals surface area contributed by atoms with E-state index < -0.39 is 4.92 Å². The Hall–Kier alpha value is -1.89. The first-order chi connectivity index (χ1) is 7.69. The van der Waals surface area contributed by atoms with Crippen molar-refractivity contribution >= 4 is 11.5 Å². The van der Waals surface area contributed by atoms with E-state index >= 15 is 0 Å². The molecule has 0 amide bonds. The summed E-state index contributed by atoms with van der Waals surface area (Å²) >= 11 is 0. The van der Waals surface area contributed by atoms with Crippen LogP contribution in [-0.4, -0.2) is 16.5 Å². The summed E-state index contributed by atoms with van der Waals surface area (Å²) in [6.07, 6.45) is 1.77. The van der Waals surface area contributed by atoms with E-state index in [-0.39, 0.29) is 11.6 Å². The Bertz CT molecular complexity index is 370. The lowest BCUT2D eigenvalue weighted by atomic mass is 10.3. The van der Waals surface area contributed by atoms with Gasteiger partial charge in [0.1, 0.15) is 5.82 Å². The smallest absolute Gasteiger partial charge is 0.331 e. The first-order valence-corrected chi connectivity index (χ1v) is 4.94. The van der Waals surface area contributed by atoms with Crippen molar-refractivity contribution in [1.29, 1.82) is 0 Å². The highest BCUT2D eigenvalue weighted by Gasteiger charge is 2.17. The van der Waals surface area contributed by atoms with Crippen LogP contribution in [0.15, 0.2) is 12.1 Å². The van der Waals surface area contributed by atoms with Crippen LogP contribution >= 0.6 is 0 Å². The fourth-order valence-electron chi connectivity index (χ4n) is 1.07. The molecule has 88 valence electrons. The fourth-order valence-corrected chi connectivity index (χ4v) is 1.07. The van der Waals surface area contributed by atoms with E-state index in [2.05, 4.69) is 10.4 Å². The van der Waals surface area contributed by atoms with Crippen molar-refractivity contribution in [3.63, 3.8) is 0 Å². The number of anilines is 1. The van der Waals surface area contributed by atoms with Gasteiger partial charge in [-0.2, -0.15) is 4.98 Å². The van der Waals surface area contributed by atoms with Crippen molar-refractivity contribution in [3.8, 4) is 5.88 Å². The van der Waals surface area contributed by atoms with Crippen LogP contribution in [0.1, 0.15) is 19.8 Å². The van der Waals surface area contributed by atoms with Gasteiger partial charge < -0.3 is 10.2 Å². The zero-order chi connectivity index (χ0) is 12.0. The second-order valence-corrected chi connectivity index (χ2v) is 3.12. The van der Waals surface area contributed by atoms with Crippen molar-refractivity contribution < 1.29 is 9.66 Å². The molecule has 0 saturated heterocycles. The van der Waals surface area contributed by atoms with E-state index in [1.807, 2.05) is 6.92 Å². The van der Waals surface area contributed by atoms with Crippen LogP contribution in [0.2, 0.25) is 0 Å². The average Bonchev–Trinajstić information content (AvgIpc) is 2.29. The lowest BCUT2D eigenvalue weighted by Gasteiger charge is -2.06. The van der Waals surface area contributed by atoms with Crippen LogP contribution < -0.4 is 16.0 Å². The van der Waals surface area contributed by atoms with Gasteiger partial charge in [-0.05, 0) is 12.5 Å². The molecule has 1 rings (SSSR count). The summed E-state index contributed by atoms with van der Waals surface area (Å²) in [4.78, 5) is 14.0. The highest BCUT2D eigenvalue weighted by atomic mass is 16.6. The van der Waals surface area contributed by atoms with E-state index in [1.54, 1.807) is 0 Å². The predicted molar refractivity (Wildman–Crippen MR) is 59.1 cm³/mol. The predicted octanol–water partition coefficient (Wildman–Crippen LogP) is 1.45. The Kier molecular flexibility index (Phi) is 4.46. The van der Waals surface area contributed by atoms with Gasteiger partial charge in [0.05, 0.1) is 11.5 Å². The van der Waals surface area contributed by atoms with Gasteiger partial charge in [0.25, 0.3) is 5.88 Å². The SMILES string of the molecule is CCCCOc1nc(NN)ccc1[N+](=O)[O-]. The molecular weight excluding hydrogens is 212 g/mol. The van der Waals surface area contributed by atoms with E-state index in [0.29, 0.717) is 12.4 Å². The Balaban J connectivity index is 2.87. The number of rotatable bonds is 6. The van der Waals surface area contributed by atoms with Gasteiger partial charge >= 0.3 is 5.69 Å². The monoisotopic (exact) mass is 226 g/mol. The van der Waals surface area contributed by atoms with Crippen molar-refractivity contribution in [3.05, 3.63) is 22.2 Å². The molecule has 1 heterocycles. The molecule has 0 aliphatic carbocycles. The van der Waals surface area contributed by atoms with Gasteiger partial charge in [0.2, 0.25) is 0 Å². The zero-order valence-corrected chi connectivity index (χ0v) is 8.97. The molecule has 7 heteroatoms. The summed E-state index contributed by atoms with van der Waals surface area (Å²) < 4.78 is 5.23. The van der Waals surface area contributed by atoms with Gasteiger partial charge in [0, 0.05) is 6.07 Å². The molecule has 7 nitrogen and oxygen atoms in total. The zero-order valence-electron chi connectivity index (χ0n) is 8.97. The molecule has 1 aromatic rings. The lowest BCUT2D eigenvalue weighted by Crippen LogP contribution is -2.10. The van der Waals surface area contributed by atoms with Gasteiger partial charge in [0.15, 0.2) is 0 Å². The highest BCUT2D eigenvalue weighted by molar-refractivity contribution is 5.48. The second-order valence-electron chi connectivity index (χ2n) is 3.12. The molecule has 0 aliphatic rings. The van der Waals surface area contributed by atoms with Crippen molar-refractivity contribution in [2.75, 3.05) is 12.0 Å². The maximum absolute atomic E-state index is 10.7. The average molecular weight is 226 g/mol. The third-order valence-corrected chi connectivity index (χ3v) is 1.92. The largest absolute Gasteiger partial charge is 0.473 e. The van der Waals surface area contributed by atoms with E-state index in [1.165, 1.54) is 12.1 Å². The van der Waals surface area contributed by atoms with Gasteiger partial charge in [-0.15, -0.1) is 0 Å². The van der Waals surface area contributed by atoms with E-state index in [0.717, 1.165) is 12.8 Å². The number of ether oxygens (including phenoxy) is 1. The van der Waals surface area contributed by atoms with Crippen molar-refractivity contribution in [2.45, 2.75) is 19.8 Å². The second kappa shape index (κ2) is 5.86. The summed E-state index contributed by atoms with van der Waals surface area (Å²) in [6, 6.07) is 2.73. The summed E-state index contributed by atoms with van der Waals surface area (Å²) in [7, 11) is 0. The number of aromatic nitrogens is 1. The molecule has 1 aromatic heterocycles. The molecule has 0 saturated carbocycles. The number of nitrogens with two attached hydrogens (primary N) is 1. The van der Waals surface area contributed by atoms with Crippen LogP contribution in [-0.2, 0) is 0 Å². The Morgan fingerprint density at radius 2 is 2.38 bits per heavy atom. The maximum atomic E-state index is 10.7. The number of hydrazine groups is 1. The topological polar surface area (TPSA) is 103 Å². The van der Waals surface area contributed by atoms with Crippen LogP contribution in [0.3, 0.4) is 0 Å². The molecule has 0 spiro atoms. The van der Waals surface area contributed by atoms with Crippen LogP contribution in [0.4, 0.5) is 11.5 Å². The summed E-state index contributed by atoms with van der Waals surface area (Å²) in [6.45, 7) is 2.40. The molecule has 0 radical (unpaired) electrons. The number of nitrogens with zero attached hydrogens (tertiary/aromatic N) is 2. The number of nitro groups is 1. The van der Waals surface area contributed by atoms with E-state index in [9.17, 15) is 10.1 Å². The normalized spacial score (nSPS) is 9.88. The Labute approximate surface area is 92.7 Å². The van der Waals surface area contributed by atoms with Crippen LogP contribution in [0.25, 0.3) is 0 Å². The number of pyridine rings is 1. The number of nitrogen functional groups attached to an aromatic ring is 1. The van der Waals surface area contributed by atoms with E-state index in [4.69, 9.17) is 10.6 Å². The lowest BCUT2D eigenvalue weighted by molar-refractivity contribution is -0.386. The van der Waals surface area contributed by atoms with Crippen LogP contribution in [0, 0.1) is 10.1 Å². The van der Waals surface area contributed by atoms with Gasteiger partial charge in [-0.3, -0.25) is 10.1 Å². The van der Waals surface area contributed by atoms with Gasteiger partial charge in [-0.25, -0.2) is 5.84 Å². The third kappa shape index (κ3) is 3.06. The Morgan fingerprint density at radius 3 is 2.94 bits per heavy atom. The number of hydrogen-bond acceptors (Lipinski definition) is 6. The molecular formula is C9H14N4O3. The first-order valence-electron chi connectivity index (χ1n) is 4.94. The summed E-state index contributed by atoms with van der Waals surface area (Å²) in [5.41, 5.74) is 2.15. The standard InChI is InChI=1S/C9H14N4O3/c1-2-3-6-16-9-7(13(14)15)4-5-8(11-9)12-10/h4-5H,2-3,6,10H2,1H3,(H,11,12). The maximum Gasteiger partial charge on any atom is 0.331 e. The molecule has 0 aromatic carbocycles. The first kappa shape index (κ1) is 12.2. The number of unbranched alkanes of at least 4 members (excludes halogenated alkanes) is 1. The molecule has 16 heavy (non-hydrogen) atoms. The number of nitrogens with one attached hydrogen (secondary N) is 1. The van der Waals surface area contributed by atoms with Gasteiger partial charge in [-0.1, -0.05) is 13.3 Å². The van der Waals surface area contributed by atoms with Crippen LogP contribution in [0.5, 0.6) is 5.88 Å². The summed E-state index contributed by atoms with van der Waals surface area (Å²) in [5, 5.41) is 10.7. The third-order valence-electron chi connectivity index (χ3n) is 1.92. The number of hydrogen-bond donors (Lipinski definition) is 2. The quantitative estimate of drug-likeness (QED) is 0.329.